The van der Waals surface area contributed by atoms with Gasteiger partial charge < -0.3 is 30.9 Å². The van der Waals surface area contributed by atoms with E-state index in [1.165, 1.54) is 64.4 Å². The Bertz CT molecular complexity index is 3170. The van der Waals surface area contributed by atoms with Gasteiger partial charge in [-0.25, -0.2) is 22.6 Å². The van der Waals surface area contributed by atoms with Gasteiger partial charge in [0, 0.05) is 65.9 Å². The second kappa shape index (κ2) is 25.9. The lowest BCUT2D eigenvalue weighted by molar-refractivity contribution is -0.139. The maximum Gasteiger partial charge on any atom is 0.336 e. The van der Waals surface area contributed by atoms with Crippen LogP contribution in [0.2, 0.25) is 0 Å². The van der Waals surface area contributed by atoms with E-state index >= 15 is 0 Å². The molecule has 20 nitrogen and oxygen atoms in total. The molecule has 390 valence electrons. The van der Waals surface area contributed by atoms with Gasteiger partial charge in [0.05, 0.1) is 36.6 Å². The van der Waals surface area contributed by atoms with E-state index in [1.807, 2.05) is 37.3 Å². The summed E-state index contributed by atoms with van der Waals surface area (Å²) in [4.78, 5) is 80.0. The number of primary sulfonamides is 1. The van der Waals surface area contributed by atoms with Crippen molar-refractivity contribution in [2.45, 2.75) is 43.9 Å². The number of unbranched alkanes of at least 4 members (excludes halogenated alkanes) is 3. The molecule has 9 N–H and O–H groups in total. The number of amides is 3. The van der Waals surface area contributed by atoms with Crippen molar-refractivity contribution >= 4 is 80.3 Å². The minimum absolute atomic E-state index is 0.00572. The molecule has 1 heterocycles. The Hall–Kier alpha value is -7.60. The quantitative estimate of drug-likeness (QED) is 0.0271. The molecular weight excluding hydrogens is 995 g/mol. The predicted octanol–water partition coefficient (Wildman–Crippen LogP) is 3.20. The van der Waals surface area contributed by atoms with E-state index in [9.17, 15) is 51.6 Å². The summed E-state index contributed by atoms with van der Waals surface area (Å²) in [5, 5.41) is 35.0. The summed E-state index contributed by atoms with van der Waals surface area (Å²) in [6.45, 7) is 5.14. The van der Waals surface area contributed by atoms with Crippen molar-refractivity contribution in [3.63, 3.8) is 0 Å². The second-order valence-corrected chi connectivity index (χ2v) is 19.9. The Morgan fingerprint density at radius 1 is 0.703 bits per heavy atom. The molecule has 5 aromatic rings. The van der Waals surface area contributed by atoms with E-state index in [0.717, 1.165) is 16.3 Å². The van der Waals surface area contributed by atoms with Crippen LogP contribution < -0.4 is 41.0 Å². The lowest BCUT2D eigenvalue weighted by Crippen LogP contribution is -2.46. The molecule has 6 rings (SSSR count). The van der Waals surface area contributed by atoms with Crippen LogP contribution in [0.5, 0.6) is 11.5 Å². The number of fused-ring (bicyclic) bond motifs is 2. The zero-order valence-corrected chi connectivity index (χ0v) is 42.1. The van der Waals surface area contributed by atoms with Gasteiger partial charge in [-0.3, -0.25) is 43.0 Å². The number of sulfonamides is 1. The van der Waals surface area contributed by atoms with Crippen molar-refractivity contribution < 1.29 is 60.9 Å². The van der Waals surface area contributed by atoms with Crippen molar-refractivity contribution in [1.82, 2.24) is 20.4 Å². The number of carboxylic acid groups (broad SMARTS) is 2. The average Bonchev–Trinajstić information content (AvgIpc) is 3.33. The van der Waals surface area contributed by atoms with Gasteiger partial charge in [-0.1, -0.05) is 61.9 Å². The molecule has 74 heavy (non-hydrogen) atoms. The first kappa shape index (κ1) is 55.7. The summed E-state index contributed by atoms with van der Waals surface area (Å²) >= 11 is -2.30. The number of hydrogen-bond donors (Lipinski definition) is 8. The number of nitrogens with one attached hydrogen (secondary N) is 4. The number of carboxylic acids is 2. The van der Waals surface area contributed by atoms with Gasteiger partial charge in [-0.05, 0) is 102 Å². The summed E-state index contributed by atoms with van der Waals surface area (Å²) < 4.78 is 52.0. The molecular formula is C52H57N7O13S2. The molecule has 0 spiro atoms. The minimum atomic E-state index is -3.96. The molecule has 0 radical (unpaired) electrons. The number of carbonyl (C=O) groups is 6. The fourth-order valence-corrected chi connectivity index (χ4v) is 9.02. The van der Waals surface area contributed by atoms with Crippen LogP contribution in [0.3, 0.4) is 0 Å². The van der Waals surface area contributed by atoms with Crippen molar-refractivity contribution in [2.24, 2.45) is 5.14 Å². The summed E-state index contributed by atoms with van der Waals surface area (Å²) in [5.41, 5.74) is 4.09. The standard InChI is InChI=1S/C52H57N7O13S2/c1-33-7-18-42-45(25-33)72-46-26-34(2)8-19-43(46)50(42)41-20-11-36(28-44(41)52(66)67)51(65)55-22-6-4-3-5-21-54-47(61)30-58(29-39(60)27-35-9-16-40(17-10-35)74(53,70)71)23-24-59(32-49(63)64)31-48(62)56-37-12-14-38(15-13-37)57-73(68)69/h7-20,25-26,28,57H,1,3-6,21-24,27,29-32H2,2H3,(H,54,61)(H,55,65)(H,56,62)(H,63,64)(H,66,67)(H,68,69)(H2,53,70,71). The number of anilines is 2. The van der Waals surface area contributed by atoms with Gasteiger partial charge in [-0.15, -0.1) is 0 Å². The van der Waals surface area contributed by atoms with E-state index in [4.69, 9.17) is 14.4 Å². The molecule has 1 unspecified atom stereocenters. The molecule has 1 aliphatic rings. The SMILES string of the molecule is C=c1ccc2c(c1)Oc1cc(C)ccc1C=2c1ccc(C(=O)NCCCCCCNC(=O)CN(CCN(CC(=O)O)CC(=O)Nc2ccc(NS(=O)O)cc2)CC(=O)Cc2ccc(S(N)(=O)=O)cc2)cc1C(=O)O. The lowest BCUT2D eigenvalue weighted by atomic mass is 9.88. The number of rotatable bonds is 27. The van der Waals surface area contributed by atoms with Crippen LogP contribution in [-0.2, 0) is 46.9 Å². The van der Waals surface area contributed by atoms with Crippen molar-refractivity contribution in [3.05, 3.63) is 147 Å². The first-order chi connectivity index (χ1) is 35.2. The lowest BCUT2D eigenvalue weighted by Gasteiger charge is -2.26. The van der Waals surface area contributed by atoms with Crippen LogP contribution in [0.4, 0.5) is 11.4 Å². The van der Waals surface area contributed by atoms with Crippen LogP contribution in [0.15, 0.2) is 108 Å². The Morgan fingerprint density at radius 2 is 1.34 bits per heavy atom. The van der Waals surface area contributed by atoms with E-state index in [2.05, 4.69) is 27.3 Å². The van der Waals surface area contributed by atoms with Crippen LogP contribution >= 0.6 is 0 Å². The van der Waals surface area contributed by atoms with Crippen molar-refractivity contribution in [3.8, 4) is 11.5 Å². The highest BCUT2D eigenvalue weighted by atomic mass is 32.2. The molecule has 0 bridgehead atoms. The number of ketones is 1. The fraction of sp³-hybridized carbons (Fsp3) is 0.269. The number of aromatic carboxylic acids is 1. The maximum absolute atomic E-state index is 13.3. The Labute approximate surface area is 429 Å². The molecule has 0 fully saturated rings. The molecule has 0 aliphatic carbocycles. The molecule has 5 aromatic carbocycles. The first-order valence-electron chi connectivity index (χ1n) is 23.3. The number of hydrogen-bond acceptors (Lipinski definition) is 12. The zero-order valence-electron chi connectivity index (χ0n) is 40.4. The molecule has 22 heteroatoms. The number of benzene rings is 5. The summed E-state index contributed by atoms with van der Waals surface area (Å²) in [6.07, 6.45) is 2.47. The van der Waals surface area contributed by atoms with Crippen LogP contribution in [-0.4, -0.2) is 125 Å². The van der Waals surface area contributed by atoms with E-state index in [-0.39, 0.29) is 61.0 Å². The second-order valence-electron chi connectivity index (χ2n) is 17.6. The molecule has 0 saturated heterocycles. The largest absolute Gasteiger partial charge is 0.480 e. The number of nitrogens with two attached hydrogens (primary N) is 1. The Morgan fingerprint density at radius 3 is 1.99 bits per heavy atom. The van der Waals surface area contributed by atoms with Gasteiger partial charge >= 0.3 is 11.9 Å². The number of Topliss-reactive ketones (excluding diaryl/α,β-unsaturated/α-hetero) is 1. The topological polar surface area (TPSA) is 304 Å². The third-order valence-corrected chi connectivity index (χ3v) is 13.0. The Kier molecular flexibility index (Phi) is 19.5. The maximum atomic E-state index is 13.3. The van der Waals surface area contributed by atoms with Gasteiger partial charge in [0.2, 0.25) is 21.8 Å². The van der Waals surface area contributed by atoms with Crippen LogP contribution in [0, 0.1) is 6.92 Å². The van der Waals surface area contributed by atoms with Crippen molar-refractivity contribution in [1.29, 1.82) is 0 Å². The number of ether oxygens (including phenoxy) is 1. The number of aryl methyl sites for hydroxylation is 1. The predicted molar refractivity (Wildman–Crippen MR) is 278 cm³/mol. The molecule has 3 amide bonds. The highest BCUT2D eigenvalue weighted by Crippen LogP contribution is 2.37. The molecule has 1 atom stereocenters. The van der Waals surface area contributed by atoms with Gasteiger partial charge in [0.25, 0.3) is 17.2 Å². The monoisotopic (exact) mass is 1050 g/mol. The van der Waals surface area contributed by atoms with E-state index in [1.54, 1.807) is 18.2 Å². The third kappa shape index (κ3) is 16.5. The summed E-state index contributed by atoms with van der Waals surface area (Å²) in [5.74, 6) is -3.01. The smallest absolute Gasteiger partial charge is 0.336 e. The fourth-order valence-electron chi connectivity index (χ4n) is 8.16. The number of nitrogens with zero attached hydrogens (tertiary/aromatic N) is 2. The normalized spacial score (nSPS) is 12.3. The zero-order chi connectivity index (χ0) is 53.5. The number of carbonyl (C=O) groups excluding carboxylic acids is 4. The highest BCUT2D eigenvalue weighted by molar-refractivity contribution is 7.89. The van der Waals surface area contributed by atoms with Crippen LogP contribution in [0.25, 0.3) is 12.2 Å². The minimum Gasteiger partial charge on any atom is -0.480 e. The summed E-state index contributed by atoms with van der Waals surface area (Å²) in [7, 11) is -3.96. The van der Waals surface area contributed by atoms with Crippen LogP contribution in [0.1, 0.15) is 68.7 Å². The van der Waals surface area contributed by atoms with Gasteiger partial charge in [-0.2, -0.15) is 0 Å². The number of aliphatic carboxylic acids is 1. The molecule has 1 aliphatic heterocycles. The molecule has 0 aromatic heterocycles. The van der Waals surface area contributed by atoms with E-state index in [0.29, 0.717) is 83.6 Å². The average molecular weight is 1050 g/mol. The van der Waals surface area contributed by atoms with Gasteiger partial charge in [0.1, 0.15) is 11.5 Å². The molecule has 0 saturated carbocycles. The Balaban J connectivity index is 0.998. The first-order valence-corrected chi connectivity index (χ1v) is 26.0. The van der Waals surface area contributed by atoms with Gasteiger partial charge in [0.15, 0.2) is 5.78 Å². The highest BCUT2D eigenvalue weighted by Gasteiger charge is 2.26. The summed E-state index contributed by atoms with van der Waals surface area (Å²) in [6, 6.07) is 27.1. The third-order valence-electron chi connectivity index (χ3n) is 11.7. The van der Waals surface area contributed by atoms with Crippen molar-refractivity contribution in [2.75, 3.05) is 62.4 Å². The van der Waals surface area contributed by atoms with E-state index < -0.39 is 57.5 Å².